The van der Waals surface area contributed by atoms with Crippen LogP contribution in [-0.2, 0) is 6.54 Å². The number of aromatic nitrogens is 2. The molecule has 36 heavy (non-hydrogen) atoms. The first-order valence-electron chi connectivity index (χ1n) is 12.5. The van der Waals surface area contributed by atoms with E-state index in [9.17, 15) is 9.59 Å². The molecule has 6 heteroatoms. The number of amides is 2. The maximum atomic E-state index is 13.7. The maximum Gasteiger partial charge on any atom is 0.322 e. The predicted molar refractivity (Wildman–Crippen MR) is 146 cm³/mol. The quantitative estimate of drug-likeness (QED) is 0.316. The average Bonchev–Trinajstić information content (AvgIpc) is 2.87. The highest BCUT2D eigenvalue weighted by atomic mass is 16.2. The molecule has 0 radical (unpaired) electrons. The third kappa shape index (κ3) is 5.65. The zero-order chi connectivity index (χ0) is 25.7. The normalized spacial score (nSPS) is 12.0. The van der Waals surface area contributed by atoms with Crippen LogP contribution in [0.5, 0.6) is 0 Å². The lowest BCUT2D eigenvalue weighted by atomic mass is 10.1. The number of urea groups is 1. The van der Waals surface area contributed by atoms with Gasteiger partial charge in [0.25, 0.3) is 5.56 Å². The molecule has 0 aliphatic carbocycles. The molecule has 4 aromatic rings. The molecule has 0 bridgehead atoms. The second kappa shape index (κ2) is 11.2. The molecule has 0 aliphatic rings. The summed E-state index contributed by atoms with van der Waals surface area (Å²) < 4.78 is 1.71. The molecule has 1 unspecified atom stereocenters. The minimum absolute atomic E-state index is 0.102. The van der Waals surface area contributed by atoms with Crippen LogP contribution < -0.4 is 10.9 Å². The zero-order valence-electron chi connectivity index (χ0n) is 21.4. The van der Waals surface area contributed by atoms with Gasteiger partial charge >= 0.3 is 6.03 Å². The Morgan fingerprint density at radius 1 is 0.944 bits per heavy atom. The second-order valence-corrected chi connectivity index (χ2v) is 9.66. The van der Waals surface area contributed by atoms with Gasteiger partial charge in [-0.2, -0.15) is 0 Å². The molecule has 6 nitrogen and oxygen atoms in total. The van der Waals surface area contributed by atoms with E-state index in [1.54, 1.807) is 9.47 Å². The Hall–Kier alpha value is -3.93. The van der Waals surface area contributed by atoms with Crippen LogP contribution in [-0.4, -0.2) is 27.0 Å². The van der Waals surface area contributed by atoms with Gasteiger partial charge in [-0.15, -0.1) is 0 Å². The lowest BCUT2D eigenvalue weighted by Gasteiger charge is -2.31. The molecule has 186 valence electrons. The molecule has 0 spiro atoms. The van der Waals surface area contributed by atoms with Crippen LogP contribution in [0.4, 0.5) is 10.5 Å². The fourth-order valence-corrected chi connectivity index (χ4v) is 4.33. The molecular weight excluding hydrogens is 448 g/mol. The van der Waals surface area contributed by atoms with Gasteiger partial charge in [0.15, 0.2) is 0 Å². The van der Waals surface area contributed by atoms with E-state index >= 15 is 0 Å². The van der Waals surface area contributed by atoms with E-state index in [1.165, 1.54) is 0 Å². The van der Waals surface area contributed by atoms with Crippen molar-refractivity contribution in [1.82, 2.24) is 14.5 Å². The third-order valence-electron chi connectivity index (χ3n) is 6.51. The molecule has 1 heterocycles. The first-order valence-corrected chi connectivity index (χ1v) is 12.5. The first-order chi connectivity index (χ1) is 17.3. The molecule has 1 atom stereocenters. The highest BCUT2D eigenvalue weighted by Crippen LogP contribution is 2.24. The summed E-state index contributed by atoms with van der Waals surface area (Å²) in [4.78, 5) is 34.0. The van der Waals surface area contributed by atoms with E-state index in [1.807, 2.05) is 92.7 Å². The number of fused-ring (bicyclic) bond motifs is 1. The Bertz CT molecular complexity index is 1400. The van der Waals surface area contributed by atoms with Gasteiger partial charge in [0.2, 0.25) is 0 Å². The van der Waals surface area contributed by atoms with E-state index in [4.69, 9.17) is 4.98 Å². The van der Waals surface area contributed by atoms with Crippen LogP contribution >= 0.6 is 0 Å². The smallest absolute Gasteiger partial charge is 0.315 e. The van der Waals surface area contributed by atoms with Crippen LogP contribution in [0, 0.1) is 12.8 Å². The molecule has 0 saturated heterocycles. The third-order valence-corrected chi connectivity index (χ3v) is 6.51. The fraction of sp³-hybridized carbons (Fsp3) is 0.300. The van der Waals surface area contributed by atoms with E-state index in [2.05, 4.69) is 19.2 Å². The highest BCUT2D eigenvalue weighted by molar-refractivity contribution is 5.90. The minimum atomic E-state index is -0.422. The Kier molecular flexibility index (Phi) is 7.84. The number of carbonyl (C=O) groups excluding carboxylic acids is 1. The minimum Gasteiger partial charge on any atom is -0.315 e. The number of carbonyl (C=O) groups is 1. The van der Waals surface area contributed by atoms with Crippen molar-refractivity contribution in [2.45, 2.75) is 46.7 Å². The van der Waals surface area contributed by atoms with Gasteiger partial charge in [-0.25, -0.2) is 9.78 Å². The average molecular weight is 483 g/mol. The number of hydrogen-bond donors (Lipinski definition) is 1. The number of aryl methyl sites for hydroxylation is 1. The van der Waals surface area contributed by atoms with Crippen LogP contribution in [0.1, 0.15) is 50.2 Å². The van der Waals surface area contributed by atoms with E-state index in [0.29, 0.717) is 35.7 Å². The standard InChI is InChI=1S/C30H34N4O2/c1-21(2)18-19-33(30(36)32-26-16-10-8-12-22(26)3)23(4)28-31-27-17-11-9-15-25(27)29(35)34(28)20-24-13-6-5-7-14-24/h5-17,21,23H,18-20H2,1-4H3,(H,32,36). The van der Waals surface area contributed by atoms with E-state index < -0.39 is 6.04 Å². The Morgan fingerprint density at radius 2 is 1.61 bits per heavy atom. The summed E-state index contributed by atoms with van der Waals surface area (Å²) in [6.07, 6.45) is 0.835. The summed E-state index contributed by atoms with van der Waals surface area (Å²) in [6, 6.07) is 24.4. The van der Waals surface area contributed by atoms with Gasteiger partial charge in [0.1, 0.15) is 5.82 Å². The van der Waals surface area contributed by atoms with Crippen molar-refractivity contribution in [3.63, 3.8) is 0 Å². The number of nitrogens with one attached hydrogen (secondary N) is 1. The largest absolute Gasteiger partial charge is 0.322 e. The van der Waals surface area contributed by atoms with Crippen LogP contribution in [0.25, 0.3) is 10.9 Å². The van der Waals surface area contributed by atoms with E-state index in [0.717, 1.165) is 23.2 Å². The predicted octanol–water partition coefficient (Wildman–Crippen LogP) is 6.39. The highest BCUT2D eigenvalue weighted by Gasteiger charge is 2.27. The first kappa shape index (κ1) is 25.2. The van der Waals surface area contributed by atoms with Gasteiger partial charge < -0.3 is 10.2 Å². The van der Waals surface area contributed by atoms with Crippen molar-refractivity contribution < 1.29 is 4.79 Å². The lowest BCUT2D eigenvalue weighted by Crippen LogP contribution is -2.41. The molecule has 1 aromatic heterocycles. The molecule has 0 aliphatic heterocycles. The van der Waals surface area contributed by atoms with E-state index in [-0.39, 0.29) is 11.6 Å². The van der Waals surface area contributed by atoms with Gasteiger partial charge in [0.05, 0.1) is 23.5 Å². The van der Waals surface area contributed by atoms with Gasteiger partial charge in [0, 0.05) is 12.2 Å². The number of anilines is 1. The number of para-hydroxylation sites is 2. The monoisotopic (exact) mass is 482 g/mol. The summed E-state index contributed by atoms with van der Waals surface area (Å²) in [6.45, 7) is 9.14. The second-order valence-electron chi connectivity index (χ2n) is 9.66. The molecule has 2 amide bonds. The van der Waals surface area contributed by atoms with Crippen molar-refractivity contribution in [1.29, 1.82) is 0 Å². The van der Waals surface area contributed by atoms with Crippen molar-refractivity contribution in [3.8, 4) is 0 Å². The van der Waals surface area contributed by atoms with Gasteiger partial charge in [-0.05, 0) is 55.5 Å². The number of benzene rings is 3. The fourth-order valence-electron chi connectivity index (χ4n) is 4.33. The zero-order valence-corrected chi connectivity index (χ0v) is 21.4. The van der Waals surface area contributed by atoms with Crippen molar-refractivity contribution in [3.05, 3.63) is 106 Å². The van der Waals surface area contributed by atoms with Gasteiger partial charge in [-0.3, -0.25) is 9.36 Å². The molecule has 3 aromatic carbocycles. The molecule has 4 rings (SSSR count). The number of hydrogen-bond acceptors (Lipinski definition) is 3. The summed E-state index contributed by atoms with van der Waals surface area (Å²) in [5.41, 5.74) is 3.30. The SMILES string of the molecule is Cc1ccccc1NC(=O)N(CCC(C)C)C(C)c1nc2ccccc2c(=O)n1Cc1ccccc1. The molecular formula is C30H34N4O2. The Balaban J connectivity index is 1.78. The van der Waals surface area contributed by atoms with Crippen molar-refractivity contribution in [2.75, 3.05) is 11.9 Å². The van der Waals surface area contributed by atoms with Gasteiger partial charge in [-0.1, -0.05) is 74.5 Å². The van der Waals surface area contributed by atoms with Crippen LogP contribution in [0.3, 0.4) is 0 Å². The number of nitrogens with zero attached hydrogens (tertiary/aromatic N) is 3. The van der Waals surface area contributed by atoms with Crippen molar-refractivity contribution >= 4 is 22.6 Å². The summed E-state index contributed by atoms with van der Waals surface area (Å²) >= 11 is 0. The van der Waals surface area contributed by atoms with Crippen molar-refractivity contribution in [2.24, 2.45) is 5.92 Å². The lowest BCUT2D eigenvalue weighted by molar-refractivity contribution is 0.184. The Morgan fingerprint density at radius 3 is 2.33 bits per heavy atom. The molecule has 1 N–H and O–H groups in total. The summed E-state index contributed by atoms with van der Waals surface area (Å²) in [5, 5.41) is 3.65. The summed E-state index contributed by atoms with van der Waals surface area (Å²) in [7, 11) is 0. The van der Waals surface area contributed by atoms with Crippen LogP contribution in [0.15, 0.2) is 83.7 Å². The Labute approximate surface area is 212 Å². The summed E-state index contributed by atoms with van der Waals surface area (Å²) in [5.74, 6) is 0.994. The molecule has 0 saturated carbocycles. The topological polar surface area (TPSA) is 67.2 Å². The molecule has 0 fully saturated rings. The maximum absolute atomic E-state index is 13.7. The number of rotatable bonds is 8. The van der Waals surface area contributed by atoms with Crippen LogP contribution in [0.2, 0.25) is 0 Å².